The first-order valence-corrected chi connectivity index (χ1v) is 5.78. The minimum absolute atomic E-state index is 0.691. The number of benzene rings is 1. The normalized spacial score (nSPS) is 14.5. The number of hydrogen-bond acceptors (Lipinski definition) is 4. The zero-order valence-corrected chi connectivity index (χ0v) is 10.3. The van der Waals surface area contributed by atoms with Gasteiger partial charge in [0.1, 0.15) is 12.0 Å². The summed E-state index contributed by atoms with van der Waals surface area (Å²) in [6, 6.07) is 7.53. The van der Waals surface area contributed by atoms with E-state index in [0.717, 1.165) is 5.69 Å². The first-order chi connectivity index (χ1) is 9.47. The van der Waals surface area contributed by atoms with Gasteiger partial charge in [0.05, 0.1) is 6.26 Å². The minimum Gasteiger partial charge on any atom is -0.463 e. The molecule has 0 spiro atoms. The molecule has 0 unspecified atom stereocenters. The maximum Gasteiger partial charge on any atom is 0.152 e. The van der Waals surface area contributed by atoms with Gasteiger partial charge in [-0.05, 0) is 24.3 Å². The van der Waals surface area contributed by atoms with Crippen LogP contribution < -0.4 is 4.74 Å². The van der Waals surface area contributed by atoms with Crippen molar-refractivity contribution in [2.45, 2.75) is 0 Å². The third-order valence-electron chi connectivity index (χ3n) is 2.14. The van der Waals surface area contributed by atoms with Crippen LogP contribution in [0.1, 0.15) is 0 Å². The van der Waals surface area contributed by atoms with E-state index >= 15 is 0 Å². The fourth-order valence-corrected chi connectivity index (χ4v) is 1.32. The molecular weight excluding hydrogens is 238 g/mol. The summed E-state index contributed by atoms with van der Waals surface area (Å²) in [5.74, 6) is 0.691. The molecule has 4 heteroatoms. The van der Waals surface area contributed by atoms with E-state index in [1.807, 2.05) is 36.4 Å². The van der Waals surface area contributed by atoms with Gasteiger partial charge in [-0.3, -0.25) is 4.99 Å². The number of para-hydroxylation sites is 2. The maximum absolute atomic E-state index is 5.52. The number of hydrogen-bond donors (Lipinski definition) is 0. The lowest BCUT2D eigenvalue weighted by Gasteiger charge is -2.02. The van der Waals surface area contributed by atoms with Gasteiger partial charge >= 0.3 is 0 Å². The largest absolute Gasteiger partial charge is 0.463 e. The molecule has 1 aromatic rings. The molecule has 2 rings (SSSR count). The van der Waals surface area contributed by atoms with Gasteiger partial charge in [-0.15, -0.1) is 0 Å². The summed E-state index contributed by atoms with van der Waals surface area (Å²) in [6.07, 6.45) is 15.2. The first kappa shape index (κ1) is 12.7. The SMILES string of the molecule is C1=CC=COc2ccccc2N=CC=NC=NC=C1. The van der Waals surface area contributed by atoms with Gasteiger partial charge in [0.15, 0.2) is 5.75 Å². The quantitative estimate of drug-likeness (QED) is 0.696. The zero-order chi connectivity index (χ0) is 13.2. The molecule has 0 aromatic heterocycles. The van der Waals surface area contributed by atoms with Crippen molar-refractivity contribution in [2.75, 3.05) is 0 Å². The lowest BCUT2D eigenvalue weighted by molar-refractivity contribution is 0.483. The smallest absolute Gasteiger partial charge is 0.152 e. The Bertz CT molecular complexity index is 581. The van der Waals surface area contributed by atoms with Gasteiger partial charge in [-0.1, -0.05) is 24.3 Å². The third-order valence-corrected chi connectivity index (χ3v) is 2.14. The summed E-state index contributed by atoms with van der Waals surface area (Å²) in [5.41, 5.74) is 0.743. The predicted octanol–water partition coefficient (Wildman–Crippen LogP) is 3.46. The number of nitrogens with zero attached hydrogens (tertiary/aromatic N) is 3. The van der Waals surface area contributed by atoms with Crippen LogP contribution in [0, 0.1) is 0 Å². The van der Waals surface area contributed by atoms with Crippen molar-refractivity contribution in [2.24, 2.45) is 15.0 Å². The minimum atomic E-state index is 0.691. The average Bonchev–Trinajstić information content (AvgIpc) is 2.45. The van der Waals surface area contributed by atoms with Crippen LogP contribution in [-0.2, 0) is 0 Å². The van der Waals surface area contributed by atoms with Gasteiger partial charge in [-0.25, -0.2) is 9.98 Å². The van der Waals surface area contributed by atoms with Gasteiger partial charge in [0, 0.05) is 18.6 Å². The molecular formula is C15H13N3O. The van der Waals surface area contributed by atoms with Crippen LogP contribution >= 0.6 is 0 Å². The number of ether oxygens (including phenoxy) is 1. The highest BCUT2D eigenvalue weighted by Gasteiger charge is 1.97. The fourth-order valence-electron chi connectivity index (χ4n) is 1.32. The Morgan fingerprint density at radius 1 is 0.842 bits per heavy atom. The lowest BCUT2D eigenvalue weighted by atomic mass is 10.3. The van der Waals surface area contributed by atoms with E-state index in [9.17, 15) is 0 Å². The van der Waals surface area contributed by atoms with Gasteiger partial charge in [0.25, 0.3) is 0 Å². The number of rotatable bonds is 0. The highest BCUT2D eigenvalue weighted by molar-refractivity contribution is 6.18. The van der Waals surface area contributed by atoms with Crippen LogP contribution in [0.4, 0.5) is 5.69 Å². The molecule has 1 heterocycles. The summed E-state index contributed by atoms with van der Waals surface area (Å²) < 4.78 is 5.52. The van der Waals surface area contributed by atoms with Gasteiger partial charge in [-0.2, -0.15) is 0 Å². The fraction of sp³-hybridized carbons (Fsp3) is 0. The molecule has 4 nitrogen and oxygen atoms in total. The number of fused-ring (bicyclic) bond motifs is 1. The first-order valence-electron chi connectivity index (χ1n) is 5.78. The van der Waals surface area contributed by atoms with Crippen LogP contribution in [0.3, 0.4) is 0 Å². The molecule has 1 aromatic carbocycles. The van der Waals surface area contributed by atoms with E-state index in [1.54, 1.807) is 37.0 Å². The lowest BCUT2D eigenvalue weighted by Crippen LogP contribution is -1.83. The van der Waals surface area contributed by atoms with Crippen molar-refractivity contribution in [1.29, 1.82) is 0 Å². The molecule has 0 saturated carbocycles. The van der Waals surface area contributed by atoms with E-state index in [2.05, 4.69) is 15.0 Å². The predicted molar refractivity (Wildman–Crippen MR) is 79.6 cm³/mol. The molecule has 0 amide bonds. The Balaban J connectivity index is 2.26. The molecule has 1 aliphatic heterocycles. The topological polar surface area (TPSA) is 46.3 Å². The summed E-state index contributed by atoms with van der Waals surface area (Å²) in [6.45, 7) is 0. The Hall–Kier alpha value is -2.75. The third kappa shape index (κ3) is 4.55. The Morgan fingerprint density at radius 2 is 1.74 bits per heavy atom. The van der Waals surface area contributed by atoms with Crippen molar-refractivity contribution < 1.29 is 4.74 Å². The van der Waals surface area contributed by atoms with Crippen LogP contribution in [0.5, 0.6) is 5.75 Å². The second-order valence-electron chi connectivity index (χ2n) is 3.48. The molecule has 0 aliphatic carbocycles. The monoisotopic (exact) mass is 251 g/mol. The van der Waals surface area contributed by atoms with Crippen LogP contribution in [0.2, 0.25) is 0 Å². The molecule has 0 saturated heterocycles. The highest BCUT2D eigenvalue weighted by atomic mass is 16.5. The molecule has 0 atom stereocenters. The summed E-state index contributed by atoms with van der Waals surface area (Å²) in [4.78, 5) is 12.2. The summed E-state index contributed by atoms with van der Waals surface area (Å²) in [5, 5.41) is 0. The highest BCUT2D eigenvalue weighted by Crippen LogP contribution is 2.26. The van der Waals surface area contributed by atoms with E-state index in [-0.39, 0.29) is 0 Å². The van der Waals surface area contributed by atoms with E-state index < -0.39 is 0 Å². The van der Waals surface area contributed by atoms with Crippen LogP contribution in [0.15, 0.2) is 76.0 Å². The summed E-state index contributed by atoms with van der Waals surface area (Å²) >= 11 is 0. The molecule has 0 fully saturated rings. The molecule has 19 heavy (non-hydrogen) atoms. The number of allylic oxidation sites excluding steroid dienone is 4. The van der Waals surface area contributed by atoms with Crippen molar-refractivity contribution in [1.82, 2.24) is 0 Å². The number of aliphatic imine (C=N–C) groups is 3. The Kier molecular flexibility index (Phi) is 5.05. The second kappa shape index (κ2) is 7.55. The van der Waals surface area contributed by atoms with Gasteiger partial charge in [0.2, 0.25) is 0 Å². The van der Waals surface area contributed by atoms with Crippen molar-refractivity contribution in [3.63, 3.8) is 0 Å². The molecule has 0 bridgehead atoms. The van der Waals surface area contributed by atoms with Crippen LogP contribution in [0.25, 0.3) is 0 Å². The van der Waals surface area contributed by atoms with Crippen molar-refractivity contribution in [3.8, 4) is 5.75 Å². The van der Waals surface area contributed by atoms with Crippen molar-refractivity contribution in [3.05, 3.63) is 61.0 Å². The molecule has 1 aliphatic rings. The van der Waals surface area contributed by atoms with Crippen molar-refractivity contribution >= 4 is 24.5 Å². The van der Waals surface area contributed by atoms with Gasteiger partial charge < -0.3 is 4.74 Å². The molecule has 0 radical (unpaired) electrons. The van der Waals surface area contributed by atoms with E-state index in [0.29, 0.717) is 5.75 Å². The summed E-state index contributed by atoms with van der Waals surface area (Å²) in [7, 11) is 0. The average molecular weight is 251 g/mol. The maximum atomic E-state index is 5.52. The van der Waals surface area contributed by atoms with E-state index in [1.165, 1.54) is 6.34 Å². The molecule has 94 valence electrons. The Morgan fingerprint density at radius 3 is 2.74 bits per heavy atom. The van der Waals surface area contributed by atoms with E-state index in [4.69, 9.17) is 4.74 Å². The van der Waals surface area contributed by atoms with Crippen LogP contribution in [-0.4, -0.2) is 18.8 Å². The zero-order valence-electron chi connectivity index (χ0n) is 10.3. The second-order valence-corrected chi connectivity index (χ2v) is 3.48. The Labute approximate surface area is 111 Å². The standard InChI is InChI=1S/C15H13N3O/c1-2-6-12-19-15-8-4-3-7-14(15)18-11-10-17-13-16-9-5-1/h1-13H. The molecule has 0 N–H and O–H groups in total.